The molecule has 0 radical (unpaired) electrons. The van der Waals surface area contributed by atoms with Crippen LogP contribution in [0.4, 0.5) is 0 Å². The number of ether oxygens (including phenoxy) is 2. The highest BCUT2D eigenvalue weighted by Crippen LogP contribution is 2.46. The number of benzene rings is 2. The first kappa shape index (κ1) is 44.5. The van der Waals surface area contributed by atoms with Gasteiger partial charge in [0.25, 0.3) is 5.91 Å². The van der Waals surface area contributed by atoms with Crippen LogP contribution in [-0.2, 0) is 39.2 Å². The first-order valence-corrected chi connectivity index (χ1v) is 25.2. The van der Waals surface area contributed by atoms with Crippen LogP contribution in [0.15, 0.2) is 66.7 Å². The van der Waals surface area contributed by atoms with Crippen LogP contribution < -0.4 is 19.5 Å². The minimum Gasteiger partial charge on any atom is -0.497 e. The van der Waals surface area contributed by atoms with Gasteiger partial charge >= 0.3 is 0 Å². The smallest absolute Gasteiger partial charge is 0.259 e. The maximum absolute atomic E-state index is 15.0. The van der Waals surface area contributed by atoms with Crippen LogP contribution in [0.5, 0.6) is 11.5 Å². The van der Waals surface area contributed by atoms with Crippen LogP contribution in [0.3, 0.4) is 0 Å². The van der Waals surface area contributed by atoms with Gasteiger partial charge in [0, 0.05) is 73.9 Å². The largest absolute Gasteiger partial charge is 0.497 e. The molecular weight excluding hydrogens is 849 g/mol. The summed E-state index contributed by atoms with van der Waals surface area (Å²) in [5, 5.41) is 2.97. The van der Waals surface area contributed by atoms with Gasteiger partial charge in [-0.15, -0.1) is 0 Å². The zero-order chi connectivity index (χ0) is 44.5. The van der Waals surface area contributed by atoms with Crippen molar-refractivity contribution in [2.75, 3.05) is 45.6 Å². The Morgan fingerprint density at radius 1 is 0.952 bits per heavy atom. The SMILES string of the molecule is CCS(=O)(=O)N1CCN(C(=O)C[C@H]2CCCCC/C=C\[C@@H]3C[C@@]3(C(=O)NS(=O)(=O)C3CC3)NC(=O)[C@@H]3C[C@@H](Oc4cc(-c5ccccc5)nc5cc(OC)ccc45)CN3C2=O)CC1. The molecule has 3 aromatic rings. The standard InChI is InChI=1S/C45H56N6O10S2/c1-3-62(56,57)50-22-20-49(21-23-50)41(52)24-31-14-8-5-4-6-11-15-32-28-45(32,44(55)48-63(58,59)35-17-18-35)47-42(53)39-26-34(29-51(39)43(31)54)61-40-27-37(30-12-9-7-10-13-30)46-38-25-33(60-2)16-19-36(38)40/h7,9-13,15-16,19,25,27,31-32,34-35,39H,3-6,8,14,17-18,20-24,26,28-29H2,1-2H3,(H,47,53)(H,48,55)/b15-11-/t31-,32-,34-,39+,45-/m1/s1. The highest BCUT2D eigenvalue weighted by molar-refractivity contribution is 7.91. The summed E-state index contributed by atoms with van der Waals surface area (Å²) in [6, 6.07) is 15.8. The molecule has 8 rings (SSSR count). The van der Waals surface area contributed by atoms with E-state index in [2.05, 4.69) is 10.0 Å². The van der Waals surface area contributed by atoms with E-state index in [1.54, 1.807) is 25.0 Å². The molecule has 2 aliphatic carbocycles. The van der Waals surface area contributed by atoms with Crippen molar-refractivity contribution in [3.63, 3.8) is 0 Å². The minimum atomic E-state index is -3.93. The Labute approximate surface area is 368 Å². The van der Waals surface area contributed by atoms with E-state index in [0.717, 1.165) is 18.4 Å². The van der Waals surface area contributed by atoms with Crippen molar-refractivity contribution in [1.82, 2.24) is 29.1 Å². The molecule has 18 heteroatoms. The van der Waals surface area contributed by atoms with Gasteiger partial charge in [-0.2, -0.15) is 4.31 Å². The van der Waals surface area contributed by atoms with Crippen LogP contribution in [0, 0.1) is 11.8 Å². The Kier molecular flexibility index (Phi) is 12.9. The molecule has 4 fully saturated rings. The van der Waals surface area contributed by atoms with Crippen molar-refractivity contribution in [2.24, 2.45) is 11.8 Å². The number of pyridine rings is 1. The predicted molar refractivity (Wildman–Crippen MR) is 235 cm³/mol. The van der Waals surface area contributed by atoms with Crippen LogP contribution in [0.2, 0.25) is 0 Å². The van der Waals surface area contributed by atoms with Gasteiger partial charge in [0.05, 0.1) is 35.9 Å². The molecule has 63 heavy (non-hydrogen) atoms. The number of methoxy groups -OCH3 is 1. The molecule has 2 saturated carbocycles. The van der Waals surface area contributed by atoms with Gasteiger partial charge in [0.15, 0.2) is 0 Å². The van der Waals surface area contributed by atoms with Crippen LogP contribution in [0.25, 0.3) is 22.2 Å². The molecule has 338 valence electrons. The van der Waals surface area contributed by atoms with Crippen LogP contribution >= 0.6 is 0 Å². The molecule has 0 unspecified atom stereocenters. The van der Waals surface area contributed by atoms with Crippen molar-refractivity contribution in [3.8, 4) is 22.8 Å². The van der Waals surface area contributed by atoms with Gasteiger partial charge in [-0.05, 0) is 57.6 Å². The van der Waals surface area contributed by atoms with E-state index in [-0.39, 0.29) is 63.6 Å². The minimum absolute atomic E-state index is 0.00557. The lowest BCUT2D eigenvalue weighted by molar-refractivity contribution is -0.145. The molecule has 4 amide bonds. The Morgan fingerprint density at radius 3 is 2.43 bits per heavy atom. The lowest BCUT2D eigenvalue weighted by Gasteiger charge is -2.35. The first-order valence-electron chi connectivity index (χ1n) is 22.0. The van der Waals surface area contributed by atoms with Gasteiger partial charge in [0.1, 0.15) is 29.2 Å². The fourth-order valence-electron chi connectivity index (χ4n) is 9.05. The molecule has 2 N–H and O–H groups in total. The number of carbonyl (C=O) groups excluding carboxylic acids is 4. The molecule has 3 aliphatic heterocycles. The van der Waals surface area contributed by atoms with E-state index < -0.39 is 72.5 Å². The second-order valence-corrected chi connectivity index (χ2v) is 21.5. The van der Waals surface area contributed by atoms with Gasteiger partial charge < -0.3 is 24.6 Å². The van der Waals surface area contributed by atoms with E-state index in [4.69, 9.17) is 14.5 Å². The van der Waals surface area contributed by atoms with Crippen LogP contribution in [0.1, 0.15) is 71.1 Å². The summed E-state index contributed by atoms with van der Waals surface area (Å²) in [6.07, 6.45) is 7.41. The Balaban J connectivity index is 1.10. The third kappa shape index (κ3) is 9.72. The van der Waals surface area contributed by atoms with Gasteiger partial charge in [-0.1, -0.05) is 55.3 Å². The third-order valence-electron chi connectivity index (χ3n) is 13.1. The predicted octanol–water partition coefficient (Wildman–Crippen LogP) is 3.76. The fourth-order valence-corrected chi connectivity index (χ4v) is 11.5. The highest BCUT2D eigenvalue weighted by atomic mass is 32.2. The second-order valence-electron chi connectivity index (χ2n) is 17.3. The molecule has 0 bridgehead atoms. The fraction of sp³-hybridized carbons (Fsp3) is 0.533. The first-order chi connectivity index (χ1) is 30.2. The van der Waals surface area contributed by atoms with Gasteiger partial charge in [-0.3, -0.25) is 23.9 Å². The molecule has 0 spiro atoms. The molecule has 2 saturated heterocycles. The number of hydrogen-bond donors (Lipinski definition) is 2. The maximum atomic E-state index is 15.0. The third-order valence-corrected chi connectivity index (χ3v) is 16.8. The number of nitrogens with one attached hydrogen (secondary N) is 2. The average molecular weight is 905 g/mol. The molecule has 5 atom stereocenters. The number of hydrogen-bond acceptors (Lipinski definition) is 11. The number of piperazine rings is 1. The number of nitrogens with zero attached hydrogens (tertiary/aromatic N) is 4. The second kappa shape index (κ2) is 18.2. The summed E-state index contributed by atoms with van der Waals surface area (Å²) in [6.45, 7) is 2.32. The number of allylic oxidation sites excluding steroid dienone is 1. The van der Waals surface area contributed by atoms with Crippen molar-refractivity contribution in [3.05, 3.63) is 66.7 Å². The van der Waals surface area contributed by atoms with E-state index >= 15 is 0 Å². The Morgan fingerprint density at radius 2 is 1.71 bits per heavy atom. The molecule has 4 heterocycles. The number of rotatable bonds is 11. The summed E-state index contributed by atoms with van der Waals surface area (Å²) < 4.78 is 66.9. The van der Waals surface area contributed by atoms with E-state index in [1.165, 1.54) is 9.21 Å². The molecule has 16 nitrogen and oxygen atoms in total. The normalized spacial score (nSPS) is 26.7. The number of sulfonamides is 2. The molecular formula is C45H56N6O10S2. The zero-order valence-electron chi connectivity index (χ0n) is 35.7. The van der Waals surface area contributed by atoms with E-state index in [1.807, 2.05) is 60.7 Å². The number of carbonyl (C=O) groups is 4. The number of fused-ring (bicyclic) bond motifs is 3. The molecule has 1 aromatic heterocycles. The summed E-state index contributed by atoms with van der Waals surface area (Å²) >= 11 is 0. The molecule has 2 aromatic carbocycles. The topological polar surface area (TPSA) is 202 Å². The van der Waals surface area contributed by atoms with Crippen molar-refractivity contribution in [1.29, 1.82) is 0 Å². The van der Waals surface area contributed by atoms with Crippen molar-refractivity contribution in [2.45, 2.75) is 94.1 Å². The summed E-state index contributed by atoms with van der Waals surface area (Å²) in [7, 11) is -5.77. The summed E-state index contributed by atoms with van der Waals surface area (Å²) in [5.74, 6) is -2.28. The monoisotopic (exact) mass is 904 g/mol. The van der Waals surface area contributed by atoms with Crippen molar-refractivity contribution >= 4 is 54.6 Å². The quantitative estimate of drug-likeness (QED) is 0.266. The Bertz CT molecular complexity index is 2490. The average Bonchev–Trinajstić information content (AvgIpc) is 4.22. The van der Waals surface area contributed by atoms with Crippen LogP contribution in [-0.4, -0.2) is 128 Å². The summed E-state index contributed by atoms with van der Waals surface area (Å²) in [5.41, 5.74) is 0.571. The maximum Gasteiger partial charge on any atom is 0.259 e. The Hall–Kier alpha value is -5.07. The summed E-state index contributed by atoms with van der Waals surface area (Å²) in [4.78, 5) is 65.5. The van der Waals surface area contributed by atoms with Gasteiger partial charge in [0.2, 0.25) is 37.8 Å². The zero-order valence-corrected chi connectivity index (χ0v) is 37.4. The van der Waals surface area contributed by atoms with E-state index in [9.17, 15) is 36.0 Å². The van der Waals surface area contributed by atoms with Crippen molar-refractivity contribution < 1.29 is 45.5 Å². The lowest BCUT2D eigenvalue weighted by Crippen LogP contribution is -2.57. The molecule has 5 aliphatic rings. The highest BCUT2D eigenvalue weighted by Gasteiger charge is 2.62. The number of aromatic nitrogens is 1. The lowest BCUT2D eigenvalue weighted by atomic mass is 9.94. The van der Waals surface area contributed by atoms with Gasteiger partial charge in [-0.25, -0.2) is 21.8 Å². The number of amides is 4. The van der Waals surface area contributed by atoms with E-state index in [0.29, 0.717) is 60.2 Å².